The lowest BCUT2D eigenvalue weighted by Gasteiger charge is -2.46. The van der Waals surface area contributed by atoms with Crippen LogP contribution >= 0.6 is 0 Å². The van der Waals surface area contributed by atoms with Gasteiger partial charge in [-0.2, -0.15) is 0 Å². The Hall–Kier alpha value is -1.07. The quantitative estimate of drug-likeness (QED) is 0.682. The maximum atomic E-state index is 11.6. The van der Waals surface area contributed by atoms with Gasteiger partial charge < -0.3 is 24.1 Å². The largest absolute Gasteiger partial charge is 0.393 e. The first-order valence-corrected chi connectivity index (χ1v) is 10.7. The van der Waals surface area contributed by atoms with Gasteiger partial charge in [0.1, 0.15) is 23.9 Å². The summed E-state index contributed by atoms with van der Waals surface area (Å²) < 4.78 is 49.6. The maximum Gasteiger partial charge on any atom is 0.208 e. The molecule has 2 N–H and O–H groups in total. The van der Waals surface area contributed by atoms with Crippen LogP contribution in [0.2, 0.25) is 0 Å². The van der Waals surface area contributed by atoms with Crippen molar-refractivity contribution in [2.45, 2.75) is 50.2 Å². The lowest BCUT2D eigenvalue weighted by atomic mass is 9.87. The molecule has 4 atom stereocenters. The molecule has 0 saturated carbocycles. The van der Waals surface area contributed by atoms with Crippen LogP contribution in [0.4, 0.5) is 0 Å². The molecule has 27 heavy (non-hydrogen) atoms. The van der Waals surface area contributed by atoms with Gasteiger partial charge in [-0.1, -0.05) is 30.3 Å². The molecule has 0 aliphatic carbocycles. The van der Waals surface area contributed by atoms with Gasteiger partial charge in [0.15, 0.2) is 5.79 Å². The molecule has 2 saturated heterocycles. The molecule has 0 spiro atoms. The Morgan fingerprint density at radius 2 is 1.96 bits per heavy atom. The molecule has 152 valence electrons. The van der Waals surface area contributed by atoms with E-state index in [2.05, 4.69) is 4.72 Å². The fraction of sp³-hybridized carbons (Fsp3) is 0.667. The monoisotopic (exact) mass is 401 g/mol. The number of hydrogen-bond acceptors (Lipinski definition) is 7. The molecule has 0 amide bonds. The fourth-order valence-electron chi connectivity index (χ4n) is 3.48. The van der Waals surface area contributed by atoms with E-state index in [9.17, 15) is 13.5 Å². The van der Waals surface area contributed by atoms with Crippen molar-refractivity contribution in [3.63, 3.8) is 0 Å². The van der Waals surface area contributed by atoms with E-state index < -0.39 is 40.2 Å². The second kappa shape index (κ2) is 7.75. The van der Waals surface area contributed by atoms with Gasteiger partial charge in [0.25, 0.3) is 0 Å². The summed E-state index contributed by atoms with van der Waals surface area (Å²) >= 11 is 0. The Balaban J connectivity index is 1.85. The SMILES string of the molecule is CC1(C)O[C@H]2[C@@H](OCc3ccccc3)C(CO)(CNS(C)(=O)=O)OC[C@H]2O1. The van der Waals surface area contributed by atoms with E-state index in [1.54, 1.807) is 13.8 Å². The average molecular weight is 401 g/mol. The predicted molar refractivity (Wildman–Crippen MR) is 97.5 cm³/mol. The molecule has 1 unspecified atom stereocenters. The third kappa shape index (κ3) is 4.86. The second-order valence-electron chi connectivity index (χ2n) is 7.48. The van der Waals surface area contributed by atoms with Crippen LogP contribution in [0.1, 0.15) is 19.4 Å². The van der Waals surface area contributed by atoms with Gasteiger partial charge in [-0.25, -0.2) is 13.1 Å². The minimum absolute atomic E-state index is 0.130. The Morgan fingerprint density at radius 3 is 2.59 bits per heavy atom. The average Bonchev–Trinajstić information content (AvgIpc) is 2.92. The summed E-state index contributed by atoms with van der Waals surface area (Å²) in [5, 5.41) is 10.1. The zero-order valence-corrected chi connectivity index (χ0v) is 16.6. The van der Waals surface area contributed by atoms with Crippen molar-refractivity contribution in [1.29, 1.82) is 0 Å². The van der Waals surface area contributed by atoms with Crippen molar-refractivity contribution in [1.82, 2.24) is 4.72 Å². The van der Waals surface area contributed by atoms with Crippen LogP contribution in [-0.4, -0.2) is 69.2 Å². The minimum Gasteiger partial charge on any atom is -0.393 e. The Kier molecular flexibility index (Phi) is 5.93. The van der Waals surface area contributed by atoms with Gasteiger partial charge >= 0.3 is 0 Å². The zero-order chi connectivity index (χ0) is 19.7. The second-order valence-corrected chi connectivity index (χ2v) is 9.32. The number of nitrogens with one attached hydrogen (secondary N) is 1. The number of benzene rings is 1. The first-order valence-electron chi connectivity index (χ1n) is 8.85. The molecule has 0 aromatic heterocycles. The normalized spacial score (nSPS) is 33.0. The van der Waals surface area contributed by atoms with Gasteiger partial charge in [0.2, 0.25) is 10.0 Å². The van der Waals surface area contributed by atoms with Crippen molar-refractivity contribution >= 4 is 10.0 Å². The van der Waals surface area contributed by atoms with Gasteiger partial charge in [-0.15, -0.1) is 0 Å². The first kappa shape index (κ1) is 20.7. The first-order chi connectivity index (χ1) is 12.6. The van der Waals surface area contributed by atoms with Crippen molar-refractivity contribution < 1.29 is 32.5 Å². The van der Waals surface area contributed by atoms with E-state index in [1.807, 2.05) is 30.3 Å². The Morgan fingerprint density at radius 1 is 1.26 bits per heavy atom. The molecule has 9 heteroatoms. The van der Waals surface area contributed by atoms with Gasteiger partial charge in [0.05, 0.1) is 26.1 Å². The van der Waals surface area contributed by atoms with Crippen molar-refractivity contribution in [2.24, 2.45) is 0 Å². The van der Waals surface area contributed by atoms with Crippen LogP contribution in [0, 0.1) is 0 Å². The highest BCUT2D eigenvalue weighted by atomic mass is 32.2. The summed E-state index contributed by atoms with van der Waals surface area (Å²) in [5.41, 5.74) is -0.330. The summed E-state index contributed by atoms with van der Waals surface area (Å²) in [7, 11) is -3.48. The smallest absolute Gasteiger partial charge is 0.208 e. The van der Waals surface area contributed by atoms with Crippen molar-refractivity contribution in [2.75, 3.05) is 26.0 Å². The molecule has 1 aromatic rings. The van der Waals surface area contributed by atoms with E-state index in [-0.39, 0.29) is 25.9 Å². The molecule has 8 nitrogen and oxygen atoms in total. The van der Waals surface area contributed by atoms with Gasteiger partial charge in [0, 0.05) is 6.54 Å². The highest BCUT2D eigenvalue weighted by molar-refractivity contribution is 7.88. The highest BCUT2D eigenvalue weighted by Gasteiger charge is 2.58. The lowest BCUT2D eigenvalue weighted by molar-refractivity contribution is -0.238. The number of hydrogen-bond donors (Lipinski definition) is 2. The molecule has 3 rings (SSSR count). The summed E-state index contributed by atoms with van der Waals surface area (Å²) in [4.78, 5) is 0. The van der Waals surface area contributed by atoms with E-state index in [0.717, 1.165) is 11.8 Å². The summed E-state index contributed by atoms with van der Waals surface area (Å²) in [6.07, 6.45) is -0.524. The minimum atomic E-state index is -3.48. The molecular weight excluding hydrogens is 374 g/mol. The number of aliphatic hydroxyl groups excluding tert-OH is 1. The number of ether oxygens (including phenoxy) is 4. The molecule has 2 heterocycles. The molecule has 2 aliphatic heterocycles. The van der Waals surface area contributed by atoms with Crippen molar-refractivity contribution in [3.8, 4) is 0 Å². The molecule has 0 radical (unpaired) electrons. The van der Waals surface area contributed by atoms with E-state index in [0.29, 0.717) is 0 Å². The molecule has 2 aliphatic rings. The highest BCUT2D eigenvalue weighted by Crippen LogP contribution is 2.40. The van der Waals surface area contributed by atoms with Gasteiger partial charge in [-0.3, -0.25) is 0 Å². The molecular formula is C18H27NO7S. The zero-order valence-electron chi connectivity index (χ0n) is 15.8. The molecule has 0 bridgehead atoms. The van der Waals surface area contributed by atoms with Crippen LogP contribution in [-0.2, 0) is 35.6 Å². The number of fused-ring (bicyclic) bond motifs is 1. The lowest BCUT2D eigenvalue weighted by Crippen LogP contribution is -2.66. The van der Waals surface area contributed by atoms with E-state index in [4.69, 9.17) is 18.9 Å². The predicted octanol–water partition coefficient (Wildman–Crippen LogP) is 0.402. The number of sulfonamides is 1. The summed E-state index contributed by atoms with van der Waals surface area (Å²) in [6.45, 7) is 3.48. The fourth-order valence-corrected chi connectivity index (χ4v) is 3.99. The van der Waals surface area contributed by atoms with Crippen LogP contribution in [0.5, 0.6) is 0 Å². The summed E-state index contributed by atoms with van der Waals surface area (Å²) in [6, 6.07) is 9.57. The van der Waals surface area contributed by atoms with Crippen LogP contribution in [0.25, 0.3) is 0 Å². The number of aliphatic hydroxyl groups is 1. The van der Waals surface area contributed by atoms with E-state index >= 15 is 0 Å². The number of rotatable bonds is 7. The Labute approximate surface area is 159 Å². The third-order valence-corrected chi connectivity index (χ3v) is 5.42. The van der Waals surface area contributed by atoms with Crippen LogP contribution in [0.15, 0.2) is 30.3 Å². The standard InChI is InChI=1S/C18H27NO7S/c1-17(2)25-14-10-24-18(12-20,11-19-27(3,21)22)16(15(14)26-17)23-9-13-7-5-4-6-8-13/h4-8,14-16,19-20H,9-12H2,1-3H3/t14-,15-,16-,18?/m1/s1. The molecule has 2 fully saturated rings. The molecule has 1 aromatic carbocycles. The maximum absolute atomic E-state index is 11.6. The van der Waals surface area contributed by atoms with Crippen molar-refractivity contribution in [3.05, 3.63) is 35.9 Å². The topological polar surface area (TPSA) is 103 Å². The summed E-state index contributed by atoms with van der Waals surface area (Å²) in [5.74, 6) is -0.817. The van der Waals surface area contributed by atoms with E-state index in [1.165, 1.54) is 0 Å². The Bertz CT molecular complexity index is 739. The third-order valence-electron chi connectivity index (χ3n) is 4.75. The van der Waals surface area contributed by atoms with Gasteiger partial charge in [-0.05, 0) is 19.4 Å². The van der Waals surface area contributed by atoms with Crippen LogP contribution in [0.3, 0.4) is 0 Å². The van der Waals surface area contributed by atoms with Crippen LogP contribution < -0.4 is 4.72 Å².